The Balaban J connectivity index is 1.50. The van der Waals surface area contributed by atoms with Crippen molar-refractivity contribution in [3.05, 3.63) is 0 Å². The molecule has 246 valence electrons. The quantitative estimate of drug-likeness (QED) is 0.115. The van der Waals surface area contributed by atoms with Crippen molar-refractivity contribution in [2.75, 3.05) is 19.7 Å². The second kappa shape index (κ2) is 14.1. The smallest absolute Gasteiger partial charge is 0.187 e. The van der Waals surface area contributed by atoms with E-state index in [9.17, 15) is 35.7 Å². The Morgan fingerprint density at radius 1 is 0.524 bits per heavy atom. The summed E-state index contributed by atoms with van der Waals surface area (Å²) in [7, 11) is 0. The van der Waals surface area contributed by atoms with Crippen molar-refractivity contribution < 1.29 is 64.2 Å². The van der Waals surface area contributed by atoms with Crippen LogP contribution in [0.4, 0.5) is 0 Å². The molecule has 0 unspecified atom stereocenters. The third kappa shape index (κ3) is 6.60. The van der Waals surface area contributed by atoms with Crippen LogP contribution < -0.4 is 34.4 Å². The Bertz CT molecular complexity index is 868. The molecule has 1 saturated carbocycles. The molecule has 0 spiro atoms. The van der Waals surface area contributed by atoms with Crippen molar-refractivity contribution in [1.82, 2.24) is 0 Å². The fourth-order valence-corrected chi connectivity index (χ4v) is 5.74. The molecule has 4 aliphatic rings. The van der Waals surface area contributed by atoms with Gasteiger partial charge in [-0.2, -0.15) is 0 Å². The van der Waals surface area contributed by atoms with Gasteiger partial charge in [0, 0.05) is 25.2 Å². The molecule has 3 saturated heterocycles. The number of aliphatic hydroxyl groups is 7. The molecule has 4 rings (SSSR count). The van der Waals surface area contributed by atoms with Crippen LogP contribution in [0.3, 0.4) is 0 Å². The summed E-state index contributed by atoms with van der Waals surface area (Å²) < 4.78 is 34.6. The fraction of sp³-hybridized carbons (Fsp3) is 1.00. The van der Waals surface area contributed by atoms with Crippen LogP contribution in [0.2, 0.25) is 0 Å². The summed E-state index contributed by atoms with van der Waals surface area (Å²) in [6.45, 7) is -0.967. The minimum atomic E-state index is -1.60. The van der Waals surface area contributed by atoms with Crippen LogP contribution in [-0.4, -0.2) is 172 Å². The average Bonchev–Trinajstić information content (AvgIpc) is 3.27. The average molecular weight is 615 g/mol. The molecule has 19 nitrogen and oxygen atoms in total. The van der Waals surface area contributed by atoms with Crippen molar-refractivity contribution in [3.63, 3.8) is 0 Å². The number of hydrogen-bond donors (Lipinski definition) is 13. The van der Waals surface area contributed by atoms with Gasteiger partial charge in [0.25, 0.3) is 0 Å². The van der Waals surface area contributed by atoms with Gasteiger partial charge in [0.05, 0.1) is 24.8 Å². The molecule has 19 N–H and O–H groups in total. The van der Waals surface area contributed by atoms with Crippen LogP contribution in [0.5, 0.6) is 0 Å². The predicted octanol–water partition coefficient (Wildman–Crippen LogP) is -8.90. The van der Waals surface area contributed by atoms with Crippen LogP contribution in [0.15, 0.2) is 0 Å². The zero-order valence-corrected chi connectivity index (χ0v) is 22.8. The lowest BCUT2D eigenvalue weighted by Gasteiger charge is -2.47. The van der Waals surface area contributed by atoms with Gasteiger partial charge in [0.2, 0.25) is 0 Å². The summed E-state index contributed by atoms with van der Waals surface area (Å²) in [6, 6.07) is -4.18. The highest BCUT2D eigenvalue weighted by Crippen LogP contribution is 2.34. The Morgan fingerprint density at radius 2 is 0.976 bits per heavy atom. The first-order chi connectivity index (χ1) is 19.8. The van der Waals surface area contributed by atoms with E-state index in [1.807, 2.05) is 0 Å². The number of nitrogens with two attached hydrogens (primary N) is 6. The molecule has 1 aliphatic carbocycles. The summed E-state index contributed by atoms with van der Waals surface area (Å²) in [4.78, 5) is 0. The molecule has 0 aromatic heterocycles. The van der Waals surface area contributed by atoms with Crippen molar-refractivity contribution in [2.45, 2.75) is 123 Å². The second-order valence-electron chi connectivity index (χ2n) is 11.2. The summed E-state index contributed by atoms with van der Waals surface area (Å²) in [5, 5.41) is 73.0. The lowest BCUT2D eigenvalue weighted by molar-refractivity contribution is -0.306. The van der Waals surface area contributed by atoms with E-state index in [0.29, 0.717) is 0 Å². The molecule has 3 aliphatic heterocycles. The molecule has 4 fully saturated rings. The molecular weight excluding hydrogens is 568 g/mol. The van der Waals surface area contributed by atoms with Crippen LogP contribution in [-0.2, 0) is 28.4 Å². The molecule has 3 heterocycles. The first-order valence-corrected chi connectivity index (χ1v) is 13.9. The van der Waals surface area contributed by atoms with Gasteiger partial charge in [0.1, 0.15) is 67.1 Å². The zero-order chi connectivity index (χ0) is 31.0. The Hall–Kier alpha value is -0.760. The van der Waals surface area contributed by atoms with E-state index in [1.54, 1.807) is 0 Å². The highest BCUT2D eigenvalue weighted by Gasteiger charge is 2.54. The lowest BCUT2D eigenvalue weighted by atomic mass is 9.84. The highest BCUT2D eigenvalue weighted by molar-refractivity contribution is 5.02. The Morgan fingerprint density at radius 3 is 1.45 bits per heavy atom. The van der Waals surface area contributed by atoms with E-state index in [-0.39, 0.29) is 19.5 Å². The van der Waals surface area contributed by atoms with Gasteiger partial charge in [0.15, 0.2) is 18.9 Å². The van der Waals surface area contributed by atoms with E-state index in [1.165, 1.54) is 0 Å². The summed E-state index contributed by atoms with van der Waals surface area (Å²) in [6.07, 6.45) is -19.8. The minimum Gasteiger partial charge on any atom is -0.394 e. The topological polar surface area (TPSA) is 353 Å². The molecule has 42 heavy (non-hydrogen) atoms. The van der Waals surface area contributed by atoms with Crippen LogP contribution in [0.1, 0.15) is 6.42 Å². The van der Waals surface area contributed by atoms with Gasteiger partial charge in [-0.05, 0) is 6.42 Å². The third-order valence-corrected chi connectivity index (χ3v) is 8.37. The molecular formula is C23H46N6O13. The van der Waals surface area contributed by atoms with Crippen molar-refractivity contribution >= 4 is 0 Å². The summed E-state index contributed by atoms with van der Waals surface area (Å²) in [5.41, 5.74) is 35.6. The number of aliphatic hydroxyl groups excluding tert-OH is 7. The van der Waals surface area contributed by atoms with E-state index >= 15 is 0 Å². The Kier molecular flexibility index (Phi) is 11.5. The second-order valence-corrected chi connectivity index (χ2v) is 11.2. The molecule has 0 aromatic rings. The predicted molar refractivity (Wildman–Crippen MR) is 138 cm³/mol. The van der Waals surface area contributed by atoms with Gasteiger partial charge in [-0.1, -0.05) is 0 Å². The largest absolute Gasteiger partial charge is 0.394 e. The van der Waals surface area contributed by atoms with Gasteiger partial charge in [-0.25, -0.2) is 0 Å². The van der Waals surface area contributed by atoms with Crippen LogP contribution in [0.25, 0.3) is 0 Å². The minimum absolute atomic E-state index is 0.0889. The third-order valence-electron chi connectivity index (χ3n) is 8.37. The van der Waals surface area contributed by atoms with Crippen LogP contribution in [0, 0.1) is 0 Å². The van der Waals surface area contributed by atoms with Crippen molar-refractivity contribution in [3.8, 4) is 0 Å². The maximum Gasteiger partial charge on any atom is 0.187 e. The van der Waals surface area contributed by atoms with Crippen LogP contribution >= 0.6 is 0 Å². The van der Waals surface area contributed by atoms with Crippen molar-refractivity contribution in [1.29, 1.82) is 0 Å². The molecule has 19 heteroatoms. The molecule has 0 amide bonds. The maximum absolute atomic E-state index is 11.1. The first kappa shape index (κ1) is 34.1. The SMILES string of the molecule is NC[C@H]1O[C@H](O[C@H]2[C@H](O[C@@H]3O[C@H](CO)[C@@H](O[C@H]4O[C@H](CN)[C@@H](O)[C@H](O)[C@H]4N)[C@H]3O)[C@@H](O)[C@H](N)C[C@@H]2N)[C@H](N)[C@@H](O)[C@@H]1O. The van der Waals surface area contributed by atoms with Crippen molar-refractivity contribution in [2.24, 2.45) is 34.4 Å². The van der Waals surface area contributed by atoms with Gasteiger partial charge in [-0.15, -0.1) is 0 Å². The number of ether oxygens (including phenoxy) is 6. The van der Waals surface area contributed by atoms with Gasteiger partial charge >= 0.3 is 0 Å². The van der Waals surface area contributed by atoms with Gasteiger partial charge in [-0.3, -0.25) is 0 Å². The van der Waals surface area contributed by atoms with E-state index in [0.717, 1.165) is 0 Å². The summed E-state index contributed by atoms with van der Waals surface area (Å²) >= 11 is 0. The lowest BCUT2D eigenvalue weighted by Crippen LogP contribution is -2.68. The monoisotopic (exact) mass is 614 g/mol. The zero-order valence-electron chi connectivity index (χ0n) is 22.8. The molecule has 19 atom stereocenters. The fourth-order valence-electron chi connectivity index (χ4n) is 5.74. The van der Waals surface area contributed by atoms with E-state index < -0.39 is 123 Å². The standard InChI is InChI=1S/C23H46N6O13/c24-2-7-13(32)15(34)10(28)21(37-7)40-18-6(27)1-5(26)12(31)20(18)42-23-17(36)19(9(4-30)39-23)41-22-11(29)16(35)14(33)8(3-25)38-22/h5-23,30-36H,1-4,24-29H2/t5-,6+,7-,8-,9-,10-,11-,12+,13-,14-,15-,16-,17-,18-,19-,20-,21-,22-,23+/m1/s1. The maximum atomic E-state index is 11.1. The first-order valence-electron chi connectivity index (χ1n) is 13.9. The Labute approximate surface area is 241 Å². The van der Waals surface area contributed by atoms with E-state index in [4.69, 9.17) is 62.8 Å². The normalized spacial score (nSPS) is 53.8. The molecule has 0 bridgehead atoms. The summed E-state index contributed by atoms with van der Waals surface area (Å²) in [5.74, 6) is 0. The number of rotatable bonds is 9. The molecule has 0 radical (unpaired) electrons. The van der Waals surface area contributed by atoms with Gasteiger partial charge < -0.3 is 98.6 Å². The highest BCUT2D eigenvalue weighted by atomic mass is 16.8. The molecule has 0 aromatic carbocycles. The number of hydrogen-bond acceptors (Lipinski definition) is 19. The van der Waals surface area contributed by atoms with E-state index in [2.05, 4.69) is 0 Å².